The number of hydrogen-bond acceptors (Lipinski definition) is 2. The predicted octanol–water partition coefficient (Wildman–Crippen LogP) is 3.72. The monoisotopic (exact) mass is 350 g/mol. The van der Waals surface area contributed by atoms with E-state index >= 15 is 0 Å². The highest BCUT2D eigenvalue weighted by molar-refractivity contribution is 5.98. The normalized spacial score (nSPS) is 15.7. The van der Waals surface area contributed by atoms with Gasteiger partial charge in [0.05, 0.1) is 0 Å². The number of hydrogen-bond donors (Lipinski definition) is 0. The molecular weight excluding hydrogens is 324 g/mol. The quantitative estimate of drug-likeness (QED) is 0.722. The topological polar surface area (TPSA) is 43.1 Å². The Bertz CT molecular complexity index is 944. The molecule has 5 heteroatoms. The first kappa shape index (κ1) is 16.9. The third kappa shape index (κ3) is 2.81. The van der Waals surface area contributed by atoms with E-state index in [2.05, 4.69) is 41.6 Å². The highest BCUT2D eigenvalue weighted by Crippen LogP contribution is 2.28. The molecule has 0 unspecified atom stereocenters. The third-order valence-electron chi connectivity index (χ3n) is 5.65. The van der Waals surface area contributed by atoms with Gasteiger partial charge < -0.3 is 14.0 Å². The van der Waals surface area contributed by atoms with Gasteiger partial charge in [0, 0.05) is 55.9 Å². The first-order valence-electron chi connectivity index (χ1n) is 9.45. The minimum Gasteiger partial charge on any atom is -0.340 e. The molecule has 1 aromatic carbocycles. The van der Waals surface area contributed by atoms with Crippen LogP contribution >= 0.6 is 0 Å². The van der Waals surface area contributed by atoms with Crippen molar-refractivity contribution >= 4 is 16.8 Å². The summed E-state index contributed by atoms with van der Waals surface area (Å²) in [7, 11) is 1.98. The van der Waals surface area contributed by atoms with Crippen molar-refractivity contribution in [2.75, 3.05) is 13.1 Å². The van der Waals surface area contributed by atoms with Crippen molar-refractivity contribution in [1.29, 1.82) is 0 Å². The summed E-state index contributed by atoms with van der Waals surface area (Å²) in [5.41, 5.74) is 3.10. The minimum absolute atomic E-state index is 0.138. The highest BCUT2D eigenvalue weighted by Gasteiger charge is 2.28. The van der Waals surface area contributed by atoms with Crippen LogP contribution in [0.4, 0.5) is 0 Å². The number of carbonyl (C=O) groups excluding carboxylic acids is 1. The lowest BCUT2D eigenvalue weighted by molar-refractivity contribution is 0.0701. The molecule has 2 aromatic heterocycles. The Morgan fingerprint density at radius 2 is 2.00 bits per heavy atom. The predicted molar refractivity (Wildman–Crippen MR) is 103 cm³/mol. The molecule has 1 saturated heterocycles. The van der Waals surface area contributed by atoms with Crippen LogP contribution in [-0.4, -0.2) is 38.0 Å². The van der Waals surface area contributed by atoms with E-state index in [-0.39, 0.29) is 5.91 Å². The average molecular weight is 350 g/mol. The second kappa shape index (κ2) is 6.63. The zero-order valence-electron chi connectivity index (χ0n) is 15.8. The maximum Gasteiger partial charge on any atom is 0.270 e. The lowest BCUT2D eigenvalue weighted by atomic mass is 9.95. The SMILES string of the molecule is CCn1ccnc1C1CCN(C(=O)c2cc3cc(C)ccc3n2C)CC1. The molecule has 1 aliphatic rings. The Labute approximate surface area is 154 Å². The van der Waals surface area contributed by atoms with E-state index in [9.17, 15) is 4.79 Å². The van der Waals surface area contributed by atoms with Crippen molar-refractivity contribution < 1.29 is 4.79 Å². The Morgan fingerprint density at radius 3 is 2.73 bits per heavy atom. The van der Waals surface area contributed by atoms with Gasteiger partial charge in [0.15, 0.2) is 0 Å². The van der Waals surface area contributed by atoms with Crippen LogP contribution in [0.25, 0.3) is 10.9 Å². The molecule has 5 nitrogen and oxygen atoms in total. The van der Waals surface area contributed by atoms with Crippen LogP contribution in [0.3, 0.4) is 0 Å². The van der Waals surface area contributed by atoms with Crippen LogP contribution in [0, 0.1) is 6.92 Å². The van der Waals surface area contributed by atoms with Crippen LogP contribution < -0.4 is 0 Å². The lowest BCUT2D eigenvalue weighted by Crippen LogP contribution is -2.39. The van der Waals surface area contributed by atoms with Gasteiger partial charge in [0.2, 0.25) is 0 Å². The van der Waals surface area contributed by atoms with E-state index in [4.69, 9.17) is 0 Å². The van der Waals surface area contributed by atoms with Crippen LogP contribution in [0.5, 0.6) is 0 Å². The zero-order valence-corrected chi connectivity index (χ0v) is 15.8. The van der Waals surface area contributed by atoms with Crippen molar-refractivity contribution in [2.24, 2.45) is 7.05 Å². The average Bonchev–Trinajstić information content (AvgIpc) is 3.25. The zero-order chi connectivity index (χ0) is 18.3. The highest BCUT2D eigenvalue weighted by atomic mass is 16.2. The third-order valence-corrected chi connectivity index (χ3v) is 5.65. The molecule has 3 aromatic rings. The molecule has 4 rings (SSSR count). The molecule has 1 amide bonds. The van der Waals surface area contributed by atoms with Gasteiger partial charge in [-0.2, -0.15) is 0 Å². The summed E-state index contributed by atoms with van der Waals surface area (Å²) in [5.74, 6) is 1.75. The van der Waals surface area contributed by atoms with Crippen molar-refractivity contribution in [3.05, 3.63) is 53.7 Å². The van der Waals surface area contributed by atoms with Gasteiger partial charge in [0.1, 0.15) is 11.5 Å². The smallest absolute Gasteiger partial charge is 0.270 e. The Kier molecular flexibility index (Phi) is 4.31. The van der Waals surface area contributed by atoms with Gasteiger partial charge in [-0.3, -0.25) is 4.79 Å². The van der Waals surface area contributed by atoms with Gasteiger partial charge in [-0.15, -0.1) is 0 Å². The summed E-state index contributed by atoms with van der Waals surface area (Å²) in [6, 6.07) is 8.36. The summed E-state index contributed by atoms with van der Waals surface area (Å²) in [5, 5.41) is 1.13. The summed E-state index contributed by atoms with van der Waals surface area (Å²) < 4.78 is 4.24. The molecule has 136 valence electrons. The first-order chi connectivity index (χ1) is 12.6. The van der Waals surface area contributed by atoms with E-state index in [0.29, 0.717) is 5.92 Å². The molecule has 0 N–H and O–H groups in total. The van der Waals surface area contributed by atoms with Crippen LogP contribution in [0.15, 0.2) is 36.7 Å². The van der Waals surface area contributed by atoms with E-state index in [1.165, 1.54) is 11.4 Å². The fourth-order valence-electron chi connectivity index (χ4n) is 4.12. The van der Waals surface area contributed by atoms with Crippen LogP contribution in [0.1, 0.15) is 47.6 Å². The Hall–Kier alpha value is -2.56. The molecule has 0 atom stereocenters. The van der Waals surface area contributed by atoms with E-state index in [1.807, 2.05) is 35.0 Å². The maximum absolute atomic E-state index is 13.1. The van der Waals surface area contributed by atoms with Crippen LogP contribution in [-0.2, 0) is 13.6 Å². The lowest BCUT2D eigenvalue weighted by Gasteiger charge is -2.32. The van der Waals surface area contributed by atoms with Gasteiger partial charge in [-0.05, 0) is 44.9 Å². The number of amides is 1. The van der Waals surface area contributed by atoms with Crippen molar-refractivity contribution in [1.82, 2.24) is 19.0 Å². The summed E-state index contributed by atoms with van der Waals surface area (Å²) >= 11 is 0. The van der Waals surface area contributed by atoms with Gasteiger partial charge in [0.25, 0.3) is 5.91 Å². The van der Waals surface area contributed by atoms with E-state index in [1.54, 1.807) is 0 Å². The van der Waals surface area contributed by atoms with E-state index in [0.717, 1.165) is 49.1 Å². The number of benzene rings is 1. The molecule has 0 spiro atoms. The second-order valence-corrected chi connectivity index (χ2v) is 7.29. The van der Waals surface area contributed by atoms with Crippen LogP contribution in [0.2, 0.25) is 0 Å². The summed E-state index contributed by atoms with van der Waals surface area (Å²) in [4.78, 5) is 19.6. The number of fused-ring (bicyclic) bond motifs is 1. The minimum atomic E-state index is 0.138. The Balaban J connectivity index is 1.51. The van der Waals surface area contributed by atoms with Crippen molar-refractivity contribution in [3.8, 4) is 0 Å². The fraction of sp³-hybridized carbons (Fsp3) is 0.429. The molecule has 0 aliphatic carbocycles. The first-order valence-corrected chi connectivity index (χ1v) is 9.45. The molecule has 0 radical (unpaired) electrons. The summed E-state index contributed by atoms with van der Waals surface area (Å²) in [6.07, 6.45) is 5.88. The molecule has 1 fully saturated rings. The molecule has 26 heavy (non-hydrogen) atoms. The number of carbonyl (C=O) groups is 1. The van der Waals surface area contributed by atoms with Gasteiger partial charge in [-0.1, -0.05) is 11.6 Å². The number of rotatable bonds is 3. The van der Waals surface area contributed by atoms with Gasteiger partial charge in [-0.25, -0.2) is 4.98 Å². The molecule has 0 bridgehead atoms. The fourth-order valence-corrected chi connectivity index (χ4v) is 4.12. The Morgan fingerprint density at radius 1 is 1.23 bits per heavy atom. The molecule has 3 heterocycles. The number of aromatic nitrogens is 3. The summed E-state index contributed by atoms with van der Waals surface area (Å²) in [6.45, 7) is 6.76. The largest absolute Gasteiger partial charge is 0.340 e. The molecular formula is C21H26N4O. The molecule has 1 aliphatic heterocycles. The number of likely N-dealkylation sites (tertiary alicyclic amines) is 1. The number of aryl methyl sites for hydroxylation is 3. The number of piperidine rings is 1. The second-order valence-electron chi connectivity index (χ2n) is 7.29. The van der Waals surface area contributed by atoms with E-state index < -0.39 is 0 Å². The van der Waals surface area contributed by atoms with Gasteiger partial charge >= 0.3 is 0 Å². The van der Waals surface area contributed by atoms with Crippen molar-refractivity contribution in [2.45, 2.75) is 39.2 Å². The maximum atomic E-state index is 13.1. The standard InChI is InChI=1S/C21H26N4O/c1-4-24-12-9-22-20(24)16-7-10-25(11-8-16)21(26)19-14-17-13-15(2)5-6-18(17)23(19)3/h5-6,9,12-14,16H,4,7-8,10-11H2,1-3H3. The van der Waals surface area contributed by atoms with Crippen molar-refractivity contribution in [3.63, 3.8) is 0 Å². The molecule has 0 saturated carbocycles. The number of nitrogens with zero attached hydrogens (tertiary/aromatic N) is 4. The number of imidazole rings is 1.